The molecule has 0 rings (SSSR count). The first-order chi connectivity index (χ1) is 5.36. The summed E-state index contributed by atoms with van der Waals surface area (Å²) in [6.07, 6.45) is 0.558. The first kappa shape index (κ1) is 12.9. The third-order valence-corrected chi connectivity index (χ3v) is 0.357. The second-order valence-electron chi connectivity index (χ2n) is 1.63. The summed E-state index contributed by atoms with van der Waals surface area (Å²) in [5.41, 5.74) is 0. The van der Waals surface area contributed by atoms with Crippen LogP contribution in [0.15, 0.2) is 4.99 Å². The third-order valence-electron chi connectivity index (χ3n) is 0.357. The van der Waals surface area contributed by atoms with Gasteiger partial charge in [-0.1, -0.05) is 0 Å². The van der Waals surface area contributed by atoms with Gasteiger partial charge >= 0.3 is 5.97 Å². The largest absolute Gasteiger partial charge is 0.481 e. The minimum absolute atomic E-state index is 0.507. The first-order valence-electron chi connectivity index (χ1n) is 2.83. The average Bonchev–Trinajstić information content (AvgIpc) is 1.82. The lowest BCUT2D eigenvalue weighted by Gasteiger charge is -1.74. The van der Waals surface area contributed by atoms with Crippen LogP contribution in [0.2, 0.25) is 0 Å². The number of nitrogens with zero attached hydrogens (tertiary/aromatic N) is 1. The molecule has 0 aliphatic heterocycles. The number of carbonyl (C=O) groups excluding carboxylic acids is 1. The molecule has 0 radical (unpaired) electrons. The molecule has 0 aromatic heterocycles. The minimum Gasteiger partial charge on any atom is -0.481 e. The molecule has 68 valence electrons. The molecule has 0 aromatic carbocycles. The number of hydrogen-bond acceptors (Lipinski definition) is 3. The number of carboxylic acids is 2. The number of amides is 1. The van der Waals surface area contributed by atoms with E-state index in [0.717, 1.165) is 6.92 Å². The Morgan fingerprint density at radius 3 is 1.58 bits per heavy atom. The first-order valence-corrected chi connectivity index (χ1v) is 2.83. The summed E-state index contributed by atoms with van der Waals surface area (Å²) in [6.45, 7) is 2.26. The number of carboxylic acid groups (broad SMARTS) is 2. The molecule has 0 aliphatic carbocycles. The van der Waals surface area contributed by atoms with Crippen LogP contribution in [-0.2, 0) is 14.4 Å². The summed E-state index contributed by atoms with van der Waals surface area (Å²) >= 11 is 0. The second-order valence-corrected chi connectivity index (χ2v) is 1.63. The molecule has 0 aromatic rings. The Hall–Kier alpha value is -1.72. The predicted octanol–water partition coefficient (Wildman–Crippen LogP) is -0.221. The van der Waals surface area contributed by atoms with Gasteiger partial charge in [-0.25, -0.2) is 9.79 Å². The highest BCUT2D eigenvalue weighted by molar-refractivity contribution is 6.24. The fraction of sp³-hybridized carbons (Fsp3) is 0.333. The van der Waals surface area contributed by atoms with Gasteiger partial charge in [0.15, 0.2) is 0 Å². The van der Waals surface area contributed by atoms with Crippen molar-refractivity contribution in [3.8, 4) is 0 Å². The normalized spacial score (nSPS) is 8.50. The Morgan fingerprint density at radius 2 is 1.50 bits per heavy atom. The molecule has 6 nitrogen and oxygen atoms in total. The van der Waals surface area contributed by atoms with E-state index in [4.69, 9.17) is 15.0 Å². The molecule has 0 heterocycles. The van der Waals surface area contributed by atoms with Gasteiger partial charge in [-0.3, -0.25) is 9.59 Å². The molecule has 1 amide bonds. The van der Waals surface area contributed by atoms with E-state index in [9.17, 15) is 9.59 Å². The number of hydrogen-bond donors (Lipinski definition) is 2. The van der Waals surface area contributed by atoms with Gasteiger partial charge in [0.25, 0.3) is 5.97 Å². The zero-order valence-electron chi connectivity index (χ0n) is 6.64. The summed E-state index contributed by atoms with van der Waals surface area (Å²) in [5, 5.41) is 15.3. The van der Waals surface area contributed by atoms with Crippen molar-refractivity contribution >= 4 is 24.1 Å². The molecular weight excluding hydrogens is 166 g/mol. The molecule has 12 heavy (non-hydrogen) atoms. The molecule has 0 spiro atoms. The highest BCUT2D eigenvalue weighted by Gasteiger charge is 1.86. The number of aliphatic carboxylic acids is 2. The number of aliphatic imine (C=N–C) groups is 1. The molecule has 0 saturated heterocycles. The smallest absolute Gasteiger partial charge is 0.347 e. The van der Waals surface area contributed by atoms with Crippen LogP contribution in [0.3, 0.4) is 0 Å². The maximum atomic E-state index is 9.89. The monoisotopic (exact) mass is 175 g/mol. The van der Waals surface area contributed by atoms with E-state index in [-0.39, 0.29) is 0 Å². The topological polar surface area (TPSA) is 104 Å². The van der Waals surface area contributed by atoms with Crippen LogP contribution < -0.4 is 0 Å². The molecule has 6 heteroatoms. The van der Waals surface area contributed by atoms with Crippen molar-refractivity contribution in [3.05, 3.63) is 0 Å². The summed E-state index contributed by atoms with van der Waals surface area (Å²) in [7, 11) is 0. The highest BCUT2D eigenvalue weighted by Crippen LogP contribution is 1.66. The number of rotatable bonds is 1. The maximum Gasteiger partial charge on any atom is 0.347 e. The molecule has 0 fully saturated rings. The SMILES string of the molecule is CC(=O)N=CC(=O)O.CC(=O)O. The van der Waals surface area contributed by atoms with E-state index in [2.05, 4.69) is 4.99 Å². The summed E-state index contributed by atoms with van der Waals surface area (Å²) in [6, 6.07) is 0. The Balaban J connectivity index is 0. The van der Waals surface area contributed by atoms with Crippen LogP contribution in [0.4, 0.5) is 0 Å². The van der Waals surface area contributed by atoms with Gasteiger partial charge < -0.3 is 10.2 Å². The van der Waals surface area contributed by atoms with E-state index in [1.807, 2.05) is 0 Å². The Labute approximate surface area is 68.5 Å². The van der Waals surface area contributed by atoms with Crippen molar-refractivity contribution < 1.29 is 24.6 Å². The van der Waals surface area contributed by atoms with E-state index >= 15 is 0 Å². The standard InChI is InChI=1S/C4H5NO3.C2H4O2/c1-3(6)5-2-4(7)8;1-2(3)4/h2H,1H3,(H,7,8);1H3,(H,3,4). The molecular formula is C6H9NO5. The predicted molar refractivity (Wildman–Crippen MR) is 40.1 cm³/mol. The van der Waals surface area contributed by atoms with Crippen LogP contribution in [-0.4, -0.2) is 34.3 Å². The van der Waals surface area contributed by atoms with Crippen LogP contribution in [0, 0.1) is 0 Å². The Kier molecular flexibility index (Phi) is 7.95. The van der Waals surface area contributed by atoms with Crippen LogP contribution >= 0.6 is 0 Å². The molecule has 0 saturated carbocycles. The number of carbonyl (C=O) groups is 3. The summed E-state index contributed by atoms with van der Waals surface area (Å²) in [4.78, 5) is 31.4. The zero-order chi connectivity index (χ0) is 10.1. The second kappa shape index (κ2) is 7.39. The third kappa shape index (κ3) is 40.8. The van der Waals surface area contributed by atoms with Crippen molar-refractivity contribution in [2.75, 3.05) is 0 Å². The van der Waals surface area contributed by atoms with E-state index < -0.39 is 17.8 Å². The van der Waals surface area contributed by atoms with Crippen LogP contribution in [0.5, 0.6) is 0 Å². The van der Waals surface area contributed by atoms with Crippen molar-refractivity contribution in [3.63, 3.8) is 0 Å². The fourth-order valence-electron chi connectivity index (χ4n) is 0.146. The van der Waals surface area contributed by atoms with Crippen LogP contribution in [0.1, 0.15) is 13.8 Å². The molecule has 2 N–H and O–H groups in total. The van der Waals surface area contributed by atoms with Gasteiger partial charge in [-0.05, 0) is 0 Å². The van der Waals surface area contributed by atoms with Gasteiger partial charge in [0, 0.05) is 13.8 Å². The van der Waals surface area contributed by atoms with Crippen molar-refractivity contribution in [1.29, 1.82) is 0 Å². The van der Waals surface area contributed by atoms with E-state index in [1.165, 1.54) is 6.92 Å². The van der Waals surface area contributed by atoms with Crippen molar-refractivity contribution in [2.45, 2.75) is 13.8 Å². The Morgan fingerprint density at radius 1 is 1.17 bits per heavy atom. The lowest BCUT2D eigenvalue weighted by Crippen LogP contribution is -1.96. The molecule has 0 aliphatic rings. The van der Waals surface area contributed by atoms with E-state index in [0.29, 0.717) is 6.21 Å². The van der Waals surface area contributed by atoms with Gasteiger partial charge in [0.05, 0.1) is 0 Å². The lowest BCUT2D eigenvalue weighted by molar-refractivity contribution is -0.134. The van der Waals surface area contributed by atoms with Gasteiger partial charge in [-0.15, -0.1) is 0 Å². The maximum absolute atomic E-state index is 9.89. The quantitative estimate of drug-likeness (QED) is 0.536. The molecule has 0 bridgehead atoms. The van der Waals surface area contributed by atoms with Gasteiger partial charge in [0.2, 0.25) is 5.91 Å². The van der Waals surface area contributed by atoms with Gasteiger partial charge in [-0.2, -0.15) is 0 Å². The minimum atomic E-state index is -1.21. The van der Waals surface area contributed by atoms with E-state index in [1.54, 1.807) is 0 Å². The Bertz CT molecular complexity index is 188. The summed E-state index contributed by atoms with van der Waals surface area (Å²) in [5.74, 6) is -2.55. The zero-order valence-corrected chi connectivity index (χ0v) is 6.64. The molecule has 0 unspecified atom stereocenters. The summed E-state index contributed by atoms with van der Waals surface area (Å²) < 4.78 is 0. The lowest BCUT2D eigenvalue weighted by atomic mass is 10.7. The fourth-order valence-corrected chi connectivity index (χ4v) is 0.146. The van der Waals surface area contributed by atoms with Crippen molar-refractivity contribution in [1.82, 2.24) is 0 Å². The van der Waals surface area contributed by atoms with Crippen molar-refractivity contribution in [2.24, 2.45) is 4.99 Å². The van der Waals surface area contributed by atoms with Gasteiger partial charge in [0.1, 0.15) is 6.21 Å². The van der Waals surface area contributed by atoms with Crippen LogP contribution in [0.25, 0.3) is 0 Å². The highest BCUT2D eigenvalue weighted by atomic mass is 16.4. The molecule has 0 atom stereocenters. The average molecular weight is 175 g/mol.